The van der Waals surface area contributed by atoms with Crippen molar-refractivity contribution in [3.8, 4) is 0 Å². The Labute approximate surface area is 175 Å². The lowest BCUT2D eigenvalue weighted by Gasteiger charge is -2.12. The molecule has 3 N–H and O–H groups in total. The molecule has 162 valence electrons. The molecule has 30 heavy (non-hydrogen) atoms. The third kappa shape index (κ3) is 6.44. The van der Waals surface area contributed by atoms with Crippen LogP contribution in [-0.2, 0) is 21.0 Å². The second-order valence-electron chi connectivity index (χ2n) is 6.06. The van der Waals surface area contributed by atoms with Crippen molar-refractivity contribution in [2.24, 2.45) is 0 Å². The first kappa shape index (κ1) is 23.6. The molecule has 0 fully saturated rings. The fourth-order valence-electron chi connectivity index (χ4n) is 2.34. The average molecular weight is 464 g/mol. The van der Waals surface area contributed by atoms with E-state index in [1.54, 1.807) is 0 Å². The van der Waals surface area contributed by atoms with E-state index in [1.807, 2.05) is 0 Å². The van der Waals surface area contributed by atoms with E-state index in [0.717, 1.165) is 6.07 Å². The molecule has 0 saturated heterocycles. The van der Waals surface area contributed by atoms with E-state index >= 15 is 0 Å². The molecule has 0 heterocycles. The van der Waals surface area contributed by atoms with Crippen LogP contribution in [0.25, 0.3) is 0 Å². The van der Waals surface area contributed by atoms with Gasteiger partial charge in [0.15, 0.2) is 0 Å². The van der Waals surface area contributed by atoms with Crippen molar-refractivity contribution < 1.29 is 31.2 Å². The number of benzene rings is 2. The molecule has 0 aliphatic carbocycles. The highest BCUT2D eigenvalue weighted by molar-refractivity contribution is 7.89. The summed E-state index contributed by atoms with van der Waals surface area (Å²) in [6, 6.07) is 7.95. The van der Waals surface area contributed by atoms with Crippen LogP contribution >= 0.6 is 11.6 Å². The third-order valence-electron chi connectivity index (χ3n) is 3.72. The molecule has 2 aromatic rings. The maximum Gasteiger partial charge on any atom is 0.416 e. The minimum atomic E-state index is -4.72. The van der Waals surface area contributed by atoms with Crippen LogP contribution in [0, 0.1) is 0 Å². The predicted molar refractivity (Wildman–Crippen MR) is 105 cm³/mol. The number of rotatable bonds is 7. The standard InChI is InChI=1S/C18H17ClF3N3O4S/c1-11(26)25-14-5-2-12(3-6-14)17(27)23-8-9-24-30(28,29)16-10-13(18(20,21)22)4-7-15(16)19/h2-7,10,24H,8-9H2,1H3,(H,23,27)(H,25,26). The Balaban J connectivity index is 1.95. The van der Waals surface area contributed by atoms with E-state index in [2.05, 4.69) is 15.4 Å². The van der Waals surface area contributed by atoms with Crippen LogP contribution in [0.5, 0.6) is 0 Å². The summed E-state index contributed by atoms with van der Waals surface area (Å²) in [5.74, 6) is -0.763. The van der Waals surface area contributed by atoms with Gasteiger partial charge in [-0.1, -0.05) is 11.6 Å². The molecular weight excluding hydrogens is 447 g/mol. The van der Waals surface area contributed by atoms with E-state index in [0.29, 0.717) is 17.8 Å². The zero-order valence-corrected chi connectivity index (χ0v) is 17.1. The van der Waals surface area contributed by atoms with Crippen LogP contribution in [0.3, 0.4) is 0 Å². The molecule has 2 aromatic carbocycles. The van der Waals surface area contributed by atoms with Crippen molar-refractivity contribution in [3.63, 3.8) is 0 Å². The molecule has 0 aliphatic heterocycles. The number of sulfonamides is 1. The van der Waals surface area contributed by atoms with Gasteiger partial charge in [0.05, 0.1) is 10.6 Å². The third-order valence-corrected chi connectivity index (χ3v) is 5.66. The lowest BCUT2D eigenvalue weighted by molar-refractivity contribution is -0.137. The fraction of sp³-hybridized carbons (Fsp3) is 0.222. The van der Waals surface area contributed by atoms with Gasteiger partial charge in [0, 0.05) is 31.3 Å². The van der Waals surface area contributed by atoms with Gasteiger partial charge in [0.2, 0.25) is 15.9 Å². The second-order valence-corrected chi connectivity index (χ2v) is 8.20. The Morgan fingerprint density at radius 3 is 2.23 bits per heavy atom. The quantitative estimate of drug-likeness (QED) is 0.549. The lowest BCUT2D eigenvalue weighted by atomic mass is 10.2. The maximum absolute atomic E-state index is 12.8. The SMILES string of the molecule is CC(=O)Nc1ccc(C(=O)NCCNS(=O)(=O)c2cc(C(F)(F)F)ccc2Cl)cc1. The summed E-state index contributed by atoms with van der Waals surface area (Å²) < 4.78 is 65.0. The van der Waals surface area contributed by atoms with E-state index < -0.39 is 32.6 Å². The number of carbonyl (C=O) groups is 2. The van der Waals surface area contributed by atoms with Gasteiger partial charge >= 0.3 is 6.18 Å². The van der Waals surface area contributed by atoms with Crippen molar-refractivity contribution in [1.82, 2.24) is 10.0 Å². The summed E-state index contributed by atoms with van der Waals surface area (Å²) in [5, 5.41) is 4.65. The molecule has 2 amide bonds. The number of halogens is 4. The monoisotopic (exact) mass is 463 g/mol. The molecule has 2 rings (SSSR count). The van der Waals surface area contributed by atoms with Crippen LogP contribution in [0.1, 0.15) is 22.8 Å². The topological polar surface area (TPSA) is 104 Å². The van der Waals surface area contributed by atoms with Gasteiger partial charge < -0.3 is 10.6 Å². The summed E-state index contributed by atoms with van der Waals surface area (Å²) in [4.78, 5) is 22.3. The van der Waals surface area contributed by atoms with Crippen molar-refractivity contribution >= 4 is 39.1 Å². The first-order valence-corrected chi connectivity index (χ1v) is 10.3. The van der Waals surface area contributed by atoms with Gasteiger partial charge in [-0.3, -0.25) is 9.59 Å². The van der Waals surface area contributed by atoms with Crippen LogP contribution in [0.2, 0.25) is 5.02 Å². The van der Waals surface area contributed by atoms with Crippen molar-refractivity contribution in [1.29, 1.82) is 0 Å². The Bertz CT molecular complexity index is 1040. The number of nitrogens with one attached hydrogen (secondary N) is 3. The number of carbonyl (C=O) groups excluding carboxylic acids is 2. The average Bonchev–Trinajstić information content (AvgIpc) is 2.64. The van der Waals surface area contributed by atoms with E-state index in [9.17, 15) is 31.2 Å². The predicted octanol–water partition coefficient (Wildman–Crippen LogP) is 3.03. The summed E-state index contributed by atoms with van der Waals surface area (Å²) in [7, 11) is -4.33. The normalized spacial score (nSPS) is 11.8. The molecule has 12 heteroatoms. The molecule has 0 aromatic heterocycles. The largest absolute Gasteiger partial charge is 0.416 e. The van der Waals surface area contributed by atoms with E-state index in [-0.39, 0.29) is 29.6 Å². The second kappa shape index (κ2) is 9.45. The zero-order chi connectivity index (χ0) is 22.5. The molecule has 0 unspecified atom stereocenters. The van der Waals surface area contributed by atoms with Crippen LogP contribution < -0.4 is 15.4 Å². The van der Waals surface area contributed by atoms with Gasteiger partial charge in [0.1, 0.15) is 4.90 Å². The van der Waals surface area contributed by atoms with Crippen LogP contribution in [0.15, 0.2) is 47.4 Å². The van der Waals surface area contributed by atoms with Gasteiger partial charge in [-0.2, -0.15) is 13.2 Å². The molecular formula is C18H17ClF3N3O4S. The van der Waals surface area contributed by atoms with Crippen LogP contribution in [0.4, 0.5) is 18.9 Å². The number of amides is 2. The van der Waals surface area contributed by atoms with Crippen LogP contribution in [-0.4, -0.2) is 33.3 Å². The van der Waals surface area contributed by atoms with Gasteiger partial charge in [0.25, 0.3) is 5.91 Å². The summed E-state index contributed by atoms with van der Waals surface area (Å²) >= 11 is 5.74. The lowest BCUT2D eigenvalue weighted by Crippen LogP contribution is -2.34. The highest BCUT2D eigenvalue weighted by Gasteiger charge is 2.32. The fourth-order valence-corrected chi connectivity index (χ4v) is 3.89. The Hall–Kier alpha value is -2.63. The van der Waals surface area contributed by atoms with Gasteiger partial charge in [-0.25, -0.2) is 13.1 Å². The molecule has 0 spiro atoms. The first-order valence-electron chi connectivity index (χ1n) is 8.42. The molecule has 7 nitrogen and oxygen atoms in total. The van der Waals surface area contributed by atoms with E-state index in [1.165, 1.54) is 31.2 Å². The number of anilines is 1. The molecule has 0 bridgehead atoms. The van der Waals surface area contributed by atoms with Gasteiger partial charge in [-0.05, 0) is 42.5 Å². The molecule has 0 atom stereocenters. The van der Waals surface area contributed by atoms with E-state index in [4.69, 9.17) is 11.6 Å². The Morgan fingerprint density at radius 2 is 1.67 bits per heavy atom. The minimum absolute atomic E-state index is 0.123. The molecule has 0 radical (unpaired) electrons. The van der Waals surface area contributed by atoms with Gasteiger partial charge in [-0.15, -0.1) is 0 Å². The zero-order valence-electron chi connectivity index (χ0n) is 15.5. The highest BCUT2D eigenvalue weighted by atomic mass is 35.5. The maximum atomic E-state index is 12.8. The van der Waals surface area contributed by atoms with Crippen molar-refractivity contribution in [2.45, 2.75) is 18.0 Å². The summed E-state index contributed by atoms with van der Waals surface area (Å²) in [6.45, 7) is 0.945. The molecule has 0 aliphatic rings. The smallest absolute Gasteiger partial charge is 0.351 e. The highest BCUT2D eigenvalue weighted by Crippen LogP contribution is 2.33. The number of hydrogen-bond donors (Lipinski definition) is 3. The Morgan fingerprint density at radius 1 is 1.03 bits per heavy atom. The van der Waals surface area contributed by atoms with Crippen molar-refractivity contribution in [2.75, 3.05) is 18.4 Å². The Kier molecular flexibility index (Phi) is 7.45. The number of hydrogen-bond acceptors (Lipinski definition) is 4. The summed E-state index contributed by atoms with van der Waals surface area (Å²) in [6.07, 6.45) is -4.72. The van der Waals surface area contributed by atoms with Crippen molar-refractivity contribution in [3.05, 3.63) is 58.6 Å². The molecule has 0 saturated carbocycles. The first-order chi connectivity index (χ1) is 13.9. The summed E-state index contributed by atoms with van der Waals surface area (Å²) in [5.41, 5.74) is -0.374. The number of alkyl halides is 3. The minimum Gasteiger partial charge on any atom is -0.351 e.